The molecule has 4 rings (SSSR count). The second-order valence-corrected chi connectivity index (χ2v) is 6.76. The number of ether oxygens (including phenoxy) is 1. The smallest absolute Gasteiger partial charge is 0.224 e. The number of carbonyl (C=O) groups excluding carboxylic acids is 1. The number of amides is 1. The number of aromatic amines is 1. The monoisotopic (exact) mass is 354 g/mol. The van der Waals surface area contributed by atoms with Crippen molar-refractivity contribution >= 4 is 28.4 Å². The molecule has 4 nitrogen and oxygen atoms in total. The molecule has 0 aliphatic carbocycles. The summed E-state index contributed by atoms with van der Waals surface area (Å²) in [5.74, 6) is 0.941. The van der Waals surface area contributed by atoms with E-state index in [1.165, 1.54) is 5.56 Å². The molecule has 0 saturated carbocycles. The van der Waals surface area contributed by atoms with Gasteiger partial charge in [-0.1, -0.05) is 23.7 Å². The molecule has 1 aromatic heterocycles. The number of aromatic nitrogens is 1. The van der Waals surface area contributed by atoms with Crippen molar-refractivity contribution in [2.24, 2.45) is 0 Å². The van der Waals surface area contributed by atoms with E-state index in [4.69, 9.17) is 16.3 Å². The van der Waals surface area contributed by atoms with Gasteiger partial charge in [-0.15, -0.1) is 0 Å². The highest BCUT2D eigenvalue weighted by Crippen LogP contribution is 2.26. The number of H-pyrrole nitrogens is 1. The normalized spacial score (nSPS) is 12.8. The lowest BCUT2D eigenvalue weighted by atomic mass is 10.1. The Bertz CT molecular complexity index is 933. The summed E-state index contributed by atoms with van der Waals surface area (Å²) in [6.45, 7) is 1.33. The predicted octanol–water partition coefficient (Wildman–Crippen LogP) is 3.66. The highest BCUT2D eigenvalue weighted by atomic mass is 35.5. The number of hydrogen-bond acceptors (Lipinski definition) is 2. The van der Waals surface area contributed by atoms with Crippen molar-refractivity contribution in [3.63, 3.8) is 0 Å². The molecule has 0 fully saturated rings. The average Bonchev–Trinajstić information content (AvgIpc) is 3.21. The summed E-state index contributed by atoms with van der Waals surface area (Å²) in [5.41, 5.74) is 4.42. The minimum absolute atomic E-state index is 0.0239. The van der Waals surface area contributed by atoms with Crippen LogP contribution in [0.2, 0.25) is 5.02 Å². The Hall–Kier alpha value is -2.46. The van der Waals surface area contributed by atoms with Crippen LogP contribution in [-0.2, 0) is 24.1 Å². The van der Waals surface area contributed by atoms with Crippen LogP contribution >= 0.6 is 11.6 Å². The van der Waals surface area contributed by atoms with Crippen LogP contribution < -0.4 is 10.1 Å². The fraction of sp³-hybridized carbons (Fsp3) is 0.250. The van der Waals surface area contributed by atoms with E-state index < -0.39 is 0 Å². The van der Waals surface area contributed by atoms with Gasteiger partial charge >= 0.3 is 0 Å². The van der Waals surface area contributed by atoms with Gasteiger partial charge in [0.1, 0.15) is 5.75 Å². The van der Waals surface area contributed by atoms with Gasteiger partial charge in [-0.25, -0.2) is 0 Å². The first kappa shape index (κ1) is 16.0. The molecule has 1 amide bonds. The van der Waals surface area contributed by atoms with Crippen molar-refractivity contribution in [2.75, 3.05) is 13.2 Å². The predicted molar refractivity (Wildman–Crippen MR) is 99.4 cm³/mol. The lowest BCUT2D eigenvalue weighted by Gasteiger charge is -2.07. The zero-order chi connectivity index (χ0) is 17.2. The van der Waals surface area contributed by atoms with E-state index in [1.54, 1.807) is 0 Å². The summed E-state index contributed by atoms with van der Waals surface area (Å²) in [5, 5.41) is 4.82. The first-order chi connectivity index (χ1) is 12.2. The molecule has 0 unspecified atom stereocenters. The van der Waals surface area contributed by atoms with Crippen LogP contribution in [0.1, 0.15) is 16.7 Å². The Labute approximate surface area is 151 Å². The summed E-state index contributed by atoms with van der Waals surface area (Å²) >= 11 is 6.07. The van der Waals surface area contributed by atoms with E-state index in [1.807, 2.05) is 36.5 Å². The van der Waals surface area contributed by atoms with Crippen LogP contribution in [0.4, 0.5) is 0 Å². The lowest BCUT2D eigenvalue weighted by molar-refractivity contribution is -0.120. The fourth-order valence-electron chi connectivity index (χ4n) is 3.26. The van der Waals surface area contributed by atoms with Gasteiger partial charge in [-0.05, 0) is 47.4 Å². The fourth-order valence-corrected chi connectivity index (χ4v) is 3.43. The van der Waals surface area contributed by atoms with Gasteiger partial charge in [0.05, 0.1) is 13.0 Å². The standard InChI is InChI=1S/C20H19ClN2O2/c21-16-3-4-18-17(11-16)15(12-23-18)5-7-22-20(24)10-13-1-2-14-6-8-25-19(14)9-13/h1-4,9,11-12,23H,5-8,10H2,(H,22,24). The molecule has 128 valence electrons. The lowest BCUT2D eigenvalue weighted by Crippen LogP contribution is -2.27. The minimum Gasteiger partial charge on any atom is -0.493 e. The van der Waals surface area contributed by atoms with Crippen LogP contribution in [0, 0.1) is 0 Å². The van der Waals surface area contributed by atoms with Crippen molar-refractivity contribution in [3.05, 3.63) is 64.3 Å². The average molecular weight is 355 g/mol. The summed E-state index contributed by atoms with van der Waals surface area (Å²) in [7, 11) is 0. The Morgan fingerprint density at radius 2 is 2.16 bits per heavy atom. The molecule has 0 bridgehead atoms. The van der Waals surface area contributed by atoms with Gasteiger partial charge in [-0.3, -0.25) is 4.79 Å². The van der Waals surface area contributed by atoms with Gasteiger partial charge in [0.25, 0.3) is 0 Å². The third-order valence-corrected chi connectivity index (χ3v) is 4.81. The maximum Gasteiger partial charge on any atom is 0.224 e. The molecule has 0 saturated heterocycles. The number of benzene rings is 2. The second kappa shape index (κ2) is 6.81. The number of fused-ring (bicyclic) bond motifs is 2. The SMILES string of the molecule is O=C(Cc1ccc2c(c1)OCC2)NCCc1c[nH]c2ccc(Cl)cc12. The summed E-state index contributed by atoms with van der Waals surface area (Å²) in [6, 6.07) is 11.8. The third kappa shape index (κ3) is 3.49. The number of hydrogen-bond donors (Lipinski definition) is 2. The van der Waals surface area contributed by atoms with E-state index in [0.29, 0.717) is 13.0 Å². The molecule has 5 heteroatoms. The van der Waals surface area contributed by atoms with E-state index in [2.05, 4.69) is 16.4 Å². The van der Waals surface area contributed by atoms with Gasteiger partial charge in [0.2, 0.25) is 5.91 Å². The van der Waals surface area contributed by atoms with E-state index in [9.17, 15) is 4.79 Å². The van der Waals surface area contributed by atoms with Crippen LogP contribution in [0.3, 0.4) is 0 Å². The third-order valence-electron chi connectivity index (χ3n) is 4.57. The van der Waals surface area contributed by atoms with Crippen LogP contribution in [0.5, 0.6) is 5.75 Å². The molecule has 0 atom stereocenters. The van der Waals surface area contributed by atoms with Gasteiger partial charge < -0.3 is 15.0 Å². The Morgan fingerprint density at radius 1 is 1.24 bits per heavy atom. The molecule has 3 aromatic rings. The van der Waals surface area contributed by atoms with Gasteiger partial charge in [0.15, 0.2) is 0 Å². The highest BCUT2D eigenvalue weighted by Gasteiger charge is 2.13. The van der Waals surface area contributed by atoms with Crippen LogP contribution in [-0.4, -0.2) is 24.0 Å². The summed E-state index contributed by atoms with van der Waals surface area (Å²) in [4.78, 5) is 15.4. The van der Waals surface area contributed by atoms with E-state index in [-0.39, 0.29) is 5.91 Å². The van der Waals surface area contributed by atoms with Gasteiger partial charge in [0, 0.05) is 35.1 Å². The zero-order valence-electron chi connectivity index (χ0n) is 13.8. The van der Waals surface area contributed by atoms with Crippen LogP contribution in [0.25, 0.3) is 10.9 Å². The molecule has 2 aromatic carbocycles. The molecule has 2 N–H and O–H groups in total. The first-order valence-electron chi connectivity index (χ1n) is 8.46. The number of carbonyl (C=O) groups is 1. The Kier molecular flexibility index (Phi) is 4.36. The molecule has 2 heterocycles. The topological polar surface area (TPSA) is 54.1 Å². The Morgan fingerprint density at radius 3 is 3.08 bits per heavy atom. The molecular weight excluding hydrogens is 336 g/mol. The van der Waals surface area contributed by atoms with Crippen LogP contribution in [0.15, 0.2) is 42.6 Å². The van der Waals surface area contributed by atoms with Crippen molar-refractivity contribution in [3.8, 4) is 5.75 Å². The zero-order valence-corrected chi connectivity index (χ0v) is 14.5. The second-order valence-electron chi connectivity index (χ2n) is 6.32. The van der Waals surface area contributed by atoms with Crippen molar-refractivity contribution in [1.82, 2.24) is 10.3 Å². The maximum atomic E-state index is 12.2. The molecule has 1 aliphatic rings. The highest BCUT2D eigenvalue weighted by molar-refractivity contribution is 6.31. The number of rotatable bonds is 5. The van der Waals surface area contributed by atoms with Crippen molar-refractivity contribution < 1.29 is 9.53 Å². The minimum atomic E-state index is 0.0239. The summed E-state index contributed by atoms with van der Waals surface area (Å²) in [6.07, 6.45) is 4.07. The number of nitrogens with one attached hydrogen (secondary N) is 2. The quantitative estimate of drug-likeness (QED) is 0.734. The maximum absolute atomic E-state index is 12.2. The van der Waals surface area contributed by atoms with Gasteiger partial charge in [-0.2, -0.15) is 0 Å². The summed E-state index contributed by atoms with van der Waals surface area (Å²) < 4.78 is 5.56. The molecule has 25 heavy (non-hydrogen) atoms. The van der Waals surface area contributed by atoms with Crippen molar-refractivity contribution in [2.45, 2.75) is 19.3 Å². The molecule has 0 spiro atoms. The van der Waals surface area contributed by atoms with E-state index >= 15 is 0 Å². The first-order valence-corrected chi connectivity index (χ1v) is 8.84. The Balaban J connectivity index is 1.33. The van der Waals surface area contributed by atoms with Crippen molar-refractivity contribution in [1.29, 1.82) is 0 Å². The molecule has 0 radical (unpaired) electrons. The molecule has 1 aliphatic heterocycles. The largest absolute Gasteiger partial charge is 0.493 e. The molecular formula is C20H19ClN2O2. The van der Waals surface area contributed by atoms with E-state index in [0.717, 1.165) is 52.3 Å². The number of halogens is 1.